The molecule has 1 aromatic rings. The summed E-state index contributed by atoms with van der Waals surface area (Å²) in [5.41, 5.74) is 7.21. The molecule has 0 aromatic heterocycles. The second-order valence-electron chi connectivity index (χ2n) is 3.53. The van der Waals surface area contributed by atoms with E-state index < -0.39 is 0 Å². The number of nitrogen functional groups attached to an aromatic ring is 1. The summed E-state index contributed by atoms with van der Waals surface area (Å²) < 4.78 is 0. The molecule has 0 bridgehead atoms. The summed E-state index contributed by atoms with van der Waals surface area (Å²) in [5.74, 6) is 0. The van der Waals surface area contributed by atoms with Crippen LogP contribution in [0.25, 0.3) is 0 Å². The van der Waals surface area contributed by atoms with Crippen molar-refractivity contribution in [1.82, 2.24) is 4.90 Å². The molecule has 0 amide bonds. The lowest BCUT2D eigenvalue weighted by Gasteiger charge is -2.10. The van der Waals surface area contributed by atoms with Gasteiger partial charge in [-0.05, 0) is 38.2 Å². The van der Waals surface area contributed by atoms with Gasteiger partial charge in [0.2, 0.25) is 0 Å². The number of nitrogens with zero attached hydrogens (tertiary/aromatic N) is 1. The van der Waals surface area contributed by atoms with Crippen LogP contribution in [0.5, 0.6) is 0 Å². The van der Waals surface area contributed by atoms with Crippen molar-refractivity contribution in [2.24, 2.45) is 0 Å². The maximum absolute atomic E-state index is 5.91. The van der Waals surface area contributed by atoms with Crippen LogP contribution in [0.3, 0.4) is 0 Å². The molecule has 4 heteroatoms. The fraction of sp³-hybridized carbons (Fsp3) is 0.400. The number of likely N-dealkylation sites (N-methyl/N-ethyl adjacent to an activating group) is 1. The molecular formula is C10H14Cl2N2. The van der Waals surface area contributed by atoms with Crippen LogP contribution in [-0.2, 0) is 6.42 Å². The highest BCUT2D eigenvalue weighted by Crippen LogP contribution is 2.28. The second kappa shape index (κ2) is 4.87. The van der Waals surface area contributed by atoms with Gasteiger partial charge in [0.05, 0.1) is 15.7 Å². The summed E-state index contributed by atoms with van der Waals surface area (Å²) in [6, 6.07) is 3.73. The van der Waals surface area contributed by atoms with Crippen molar-refractivity contribution in [3.63, 3.8) is 0 Å². The Morgan fingerprint density at radius 2 is 1.71 bits per heavy atom. The standard InChI is InChI=1S/C10H14Cl2N2/c1-14(2)4-3-7-5-8(11)10(13)9(12)6-7/h5-6H,3-4,13H2,1-2H3. The van der Waals surface area contributed by atoms with Crippen molar-refractivity contribution in [3.8, 4) is 0 Å². The monoisotopic (exact) mass is 232 g/mol. The average molecular weight is 233 g/mol. The summed E-state index contributed by atoms with van der Waals surface area (Å²) in [5, 5.41) is 1.07. The number of benzene rings is 1. The molecule has 1 aromatic carbocycles. The lowest BCUT2D eigenvalue weighted by Crippen LogP contribution is -2.15. The summed E-state index contributed by atoms with van der Waals surface area (Å²) in [4.78, 5) is 2.11. The Morgan fingerprint density at radius 1 is 1.21 bits per heavy atom. The Morgan fingerprint density at radius 3 is 2.14 bits per heavy atom. The number of rotatable bonds is 3. The van der Waals surface area contributed by atoms with Crippen LogP contribution in [0.15, 0.2) is 12.1 Å². The zero-order valence-corrected chi connectivity index (χ0v) is 9.86. The van der Waals surface area contributed by atoms with Crippen LogP contribution in [-0.4, -0.2) is 25.5 Å². The van der Waals surface area contributed by atoms with Gasteiger partial charge in [-0.25, -0.2) is 0 Å². The number of anilines is 1. The van der Waals surface area contributed by atoms with Gasteiger partial charge in [-0.3, -0.25) is 0 Å². The number of hydrogen-bond donors (Lipinski definition) is 1. The molecular weight excluding hydrogens is 219 g/mol. The second-order valence-corrected chi connectivity index (χ2v) is 4.34. The minimum absolute atomic E-state index is 0.460. The van der Waals surface area contributed by atoms with Crippen molar-refractivity contribution in [2.45, 2.75) is 6.42 Å². The Labute approximate surface area is 94.6 Å². The summed E-state index contributed by atoms with van der Waals surface area (Å²) >= 11 is 11.8. The third-order valence-electron chi connectivity index (χ3n) is 1.99. The van der Waals surface area contributed by atoms with Crippen LogP contribution in [0.2, 0.25) is 10.0 Å². The van der Waals surface area contributed by atoms with E-state index in [9.17, 15) is 0 Å². The molecule has 0 atom stereocenters. The molecule has 0 fully saturated rings. The number of hydrogen-bond acceptors (Lipinski definition) is 2. The molecule has 2 N–H and O–H groups in total. The smallest absolute Gasteiger partial charge is 0.0693 e. The molecule has 0 aliphatic carbocycles. The largest absolute Gasteiger partial charge is 0.396 e. The van der Waals surface area contributed by atoms with Crippen molar-refractivity contribution in [1.29, 1.82) is 0 Å². The van der Waals surface area contributed by atoms with Gasteiger partial charge >= 0.3 is 0 Å². The van der Waals surface area contributed by atoms with E-state index in [0.717, 1.165) is 18.5 Å². The molecule has 14 heavy (non-hydrogen) atoms. The predicted molar refractivity (Wildman–Crippen MR) is 63.1 cm³/mol. The predicted octanol–water partition coefficient (Wildman–Crippen LogP) is 2.68. The fourth-order valence-corrected chi connectivity index (χ4v) is 1.67. The lowest BCUT2D eigenvalue weighted by atomic mass is 10.1. The van der Waals surface area contributed by atoms with Crippen LogP contribution in [0.4, 0.5) is 5.69 Å². The molecule has 2 nitrogen and oxygen atoms in total. The SMILES string of the molecule is CN(C)CCc1cc(Cl)c(N)c(Cl)c1. The normalized spacial score (nSPS) is 10.9. The molecule has 0 heterocycles. The minimum Gasteiger partial charge on any atom is -0.396 e. The van der Waals surface area contributed by atoms with Crippen LogP contribution in [0, 0.1) is 0 Å². The van der Waals surface area contributed by atoms with E-state index in [4.69, 9.17) is 28.9 Å². The van der Waals surface area contributed by atoms with E-state index in [2.05, 4.69) is 4.90 Å². The molecule has 0 aliphatic heterocycles. The van der Waals surface area contributed by atoms with Gasteiger partial charge in [-0.2, -0.15) is 0 Å². The first-order valence-electron chi connectivity index (χ1n) is 4.39. The van der Waals surface area contributed by atoms with Gasteiger partial charge in [-0.1, -0.05) is 23.2 Å². The molecule has 0 saturated heterocycles. The third-order valence-corrected chi connectivity index (χ3v) is 2.61. The maximum Gasteiger partial charge on any atom is 0.0693 e. The van der Waals surface area contributed by atoms with Crippen LogP contribution < -0.4 is 5.73 Å². The molecule has 0 spiro atoms. The highest BCUT2D eigenvalue weighted by molar-refractivity contribution is 6.38. The first-order valence-corrected chi connectivity index (χ1v) is 5.14. The van der Waals surface area contributed by atoms with Gasteiger partial charge in [0.1, 0.15) is 0 Å². The Bertz CT molecular complexity index is 301. The molecule has 0 radical (unpaired) electrons. The molecule has 1 rings (SSSR count). The summed E-state index contributed by atoms with van der Waals surface area (Å²) in [6.45, 7) is 0.969. The van der Waals surface area contributed by atoms with Crippen molar-refractivity contribution in [2.75, 3.05) is 26.4 Å². The van der Waals surface area contributed by atoms with Gasteiger partial charge in [-0.15, -0.1) is 0 Å². The highest BCUT2D eigenvalue weighted by Gasteiger charge is 2.04. The van der Waals surface area contributed by atoms with E-state index in [0.29, 0.717) is 15.7 Å². The topological polar surface area (TPSA) is 29.3 Å². The first-order chi connectivity index (χ1) is 6.50. The third kappa shape index (κ3) is 3.05. The average Bonchev–Trinajstić information content (AvgIpc) is 2.10. The molecule has 0 saturated carbocycles. The van der Waals surface area contributed by atoms with Crippen LogP contribution in [0.1, 0.15) is 5.56 Å². The molecule has 0 unspecified atom stereocenters. The molecule has 78 valence electrons. The Hall–Kier alpha value is -0.440. The van der Waals surface area contributed by atoms with Gasteiger partial charge in [0, 0.05) is 6.54 Å². The van der Waals surface area contributed by atoms with E-state index >= 15 is 0 Å². The van der Waals surface area contributed by atoms with Gasteiger partial charge < -0.3 is 10.6 Å². The van der Waals surface area contributed by atoms with Gasteiger partial charge in [0.25, 0.3) is 0 Å². The first kappa shape index (κ1) is 11.6. The zero-order chi connectivity index (χ0) is 10.7. The van der Waals surface area contributed by atoms with Gasteiger partial charge in [0.15, 0.2) is 0 Å². The van der Waals surface area contributed by atoms with Crippen molar-refractivity contribution < 1.29 is 0 Å². The van der Waals surface area contributed by atoms with E-state index in [-0.39, 0.29) is 0 Å². The number of halogens is 2. The van der Waals surface area contributed by atoms with Crippen molar-refractivity contribution in [3.05, 3.63) is 27.7 Å². The number of nitrogens with two attached hydrogens (primary N) is 1. The fourth-order valence-electron chi connectivity index (χ4n) is 1.13. The molecule has 0 aliphatic rings. The minimum atomic E-state index is 0.460. The highest BCUT2D eigenvalue weighted by atomic mass is 35.5. The summed E-state index contributed by atoms with van der Waals surface area (Å²) in [7, 11) is 4.06. The lowest BCUT2D eigenvalue weighted by molar-refractivity contribution is 0.413. The summed E-state index contributed by atoms with van der Waals surface area (Å²) in [6.07, 6.45) is 0.923. The van der Waals surface area contributed by atoms with Crippen molar-refractivity contribution >= 4 is 28.9 Å². The van der Waals surface area contributed by atoms with E-state index in [1.165, 1.54) is 0 Å². The van der Waals surface area contributed by atoms with E-state index in [1.807, 2.05) is 26.2 Å². The van der Waals surface area contributed by atoms with Crippen LogP contribution >= 0.6 is 23.2 Å². The Balaban J connectivity index is 2.79. The Kier molecular flexibility index (Phi) is 4.05. The zero-order valence-electron chi connectivity index (χ0n) is 8.35. The van der Waals surface area contributed by atoms with E-state index in [1.54, 1.807) is 0 Å². The maximum atomic E-state index is 5.91. The quantitative estimate of drug-likeness (QED) is 0.813.